The number of amides is 1. The first-order valence-electron chi connectivity index (χ1n) is 6.15. The van der Waals surface area contributed by atoms with Gasteiger partial charge < -0.3 is 10.4 Å². The molecule has 0 aliphatic rings. The van der Waals surface area contributed by atoms with Crippen LogP contribution in [0, 0.1) is 0 Å². The molecular weight excluding hydrogens is 214 g/mol. The number of hydrogen-bond acceptors (Lipinski definition) is 2. The van der Waals surface area contributed by atoms with Crippen molar-refractivity contribution in [2.24, 2.45) is 0 Å². The summed E-state index contributed by atoms with van der Waals surface area (Å²) in [6.07, 6.45) is 1.01. The van der Waals surface area contributed by atoms with Crippen LogP contribution in [0.1, 0.15) is 38.2 Å². The number of hydrogen-bond donors (Lipinski definition) is 2. The number of nitrogens with one attached hydrogen (secondary N) is 1. The Hall–Kier alpha value is -1.35. The highest BCUT2D eigenvalue weighted by atomic mass is 16.3. The summed E-state index contributed by atoms with van der Waals surface area (Å²) < 4.78 is 0. The highest BCUT2D eigenvalue weighted by molar-refractivity contribution is 5.83. The van der Waals surface area contributed by atoms with Crippen molar-refractivity contribution < 1.29 is 9.90 Å². The molecule has 0 saturated heterocycles. The lowest BCUT2D eigenvalue weighted by Crippen LogP contribution is -2.31. The first kappa shape index (κ1) is 13.7. The molecule has 3 heteroatoms. The van der Waals surface area contributed by atoms with Crippen molar-refractivity contribution in [2.45, 2.75) is 38.7 Å². The van der Waals surface area contributed by atoms with Gasteiger partial charge in [-0.1, -0.05) is 37.3 Å². The van der Waals surface area contributed by atoms with Crippen molar-refractivity contribution in [3.63, 3.8) is 0 Å². The fourth-order valence-corrected chi connectivity index (χ4v) is 1.79. The highest BCUT2D eigenvalue weighted by Gasteiger charge is 2.17. The summed E-state index contributed by atoms with van der Waals surface area (Å²) in [6, 6.07) is 9.79. The molecule has 3 nitrogen and oxygen atoms in total. The third kappa shape index (κ3) is 4.57. The van der Waals surface area contributed by atoms with E-state index in [-0.39, 0.29) is 17.9 Å². The summed E-state index contributed by atoms with van der Waals surface area (Å²) in [4.78, 5) is 12.0. The molecule has 1 amide bonds. The van der Waals surface area contributed by atoms with Crippen LogP contribution >= 0.6 is 0 Å². The third-order valence-electron chi connectivity index (χ3n) is 2.79. The second kappa shape index (κ2) is 7.07. The third-order valence-corrected chi connectivity index (χ3v) is 2.79. The van der Waals surface area contributed by atoms with E-state index >= 15 is 0 Å². The molecule has 0 aliphatic heterocycles. The Bertz CT molecular complexity index is 335. The molecule has 2 atom stereocenters. The van der Waals surface area contributed by atoms with Crippen molar-refractivity contribution in [3.8, 4) is 0 Å². The Morgan fingerprint density at radius 2 is 2.00 bits per heavy atom. The Balaban J connectivity index is 2.53. The zero-order valence-corrected chi connectivity index (χ0v) is 10.5. The molecule has 0 radical (unpaired) electrons. The maximum Gasteiger partial charge on any atom is 0.227 e. The van der Waals surface area contributed by atoms with Gasteiger partial charge in [0.2, 0.25) is 5.91 Å². The minimum atomic E-state index is -0.368. The van der Waals surface area contributed by atoms with Crippen molar-refractivity contribution in [1.82, 2.24) is 5.32 Å². The van der Waals surface area contributed by atoms with E-state index in [9.17, 15) is 4.79 Å². The van der Waals surface area contributed by atoms with Gasteiger partial charge in [-0.2, -0.15) is 0 Å². The number of benzene rings is 1. The van der Waals surface area contributed by atoms with E-state index < -0.39 is 0 Å². The first-order chi connectivity index (χ1) is 8.15. The molecular formula is C14H21NO2. The number of rotatable bonds is 6. The van der Waals surface area contributed by atoms with Crippen LogP contribution in [0.2, 0.25) is 0 Å². The molecule has 1 aromatic carbocycles. The molecule has 0 bridgehead atoms. The topological polar surface area (TPSA) is 49.3 Å². The van der Waals surface area contributed by atoms with Gasteiger partial charge in [0, 0.05) is 6.54 Å². The van der Waals surface area contributed by atoms with Crippen LogP contribution in [0.5, 0.6) is 0 Å². The normalized spacial score (nSPS) is 14.1. The monoisotopic (exact) mass is 235 g/mol. The molecule has 2 N–H and O–H groups in total. The molecule has 17 heavy (non-hydrogen) atoms. The van der Waals surface area contributed by atoms with E-state index in [1.165, 1.54) is 0 Å². The van der Waals surface area contributed by atoms with E-state index in [4.69, 9.17) is 5.11 Å². The van der Waals surface area contributed by atoms with Crippen molar-refractivity contribution in [1.29, 1.82) is 0 Å². The van der Waals surface area contributed by atoms with Crippen molar-refractivity contribution in [3.05, 3.63) is 35.9 Å². The largest absolute Gasteiger partial charge is 0.393 e. The molecule has 94 valence electrons. The molecule has 0 spiro atoms. The Kier molecular flexibility index (Phi) is 5.70. The average molecular weight is 235 g/mol. The number of aliphatic hydroxyl groups excluding tert-OH is 1. The van der Waals surface area contributed by atoms with E-state index in [1.807, 2.05) is 37.3 Å². The van der Waals surface area contributed by atoms with Gasteiger partial charge in [-0.15, -0.1) is 0 Å². The summed E-state index contributed by atoms with van der Waals surface area (Å²) in [6.45, 7) is 4.26. The minimum absolute atomic E-state index is 0.0411. The Morgan fingerprint density at radius 1 is 1.35 bits per heavy atom. The molecule has 0 aromatic heterocycles. The van der Waals surface area contributed by atoms with Gasteiger partial charge in [0.15, 0.2) is 0 Å². The van der Waals surface area contributed by atoms with Gasteiger partial charge in [0.05, 0.1) is 12.0 Å². The number of carbonyl (C=O) groups excluding carboxylic acids is 1. The molecule has 0 aliphatic carbocycles. The number of carbonyl (C=O) groups is 1. The van der Waals surface area contributed by atoms with Crippen LogP contribution in [0.4, 0.5) is 0 Å². The Morgan fingerprint density at radius 3 is 2.53 bits per heavy atom. The fourth-order valence-electron chi connectivity index (χ4n) is 1.79. The highest BCUT2D eigenvalue weighted by Crippen LogP contribution is 2.18. The van der Waals surface area contributed by atoms with Crippen LogP contribution in [-0.2, 0) is 4.79 Å². The fraction of sp³-hybridized carbons (Fsp3) is 0.500. The standard InChI is InChI=1S/C14H21NO2/c1-3-13(12-7-5-4-6-8-12)14(17)15-10-9-11(2)16/h4-8,11,13,16H,3,9-10H2,1-2H3,(H,15,17). The van der Waals surface area contributed by atoms with Crippen molar-refractivity contribution in [2.75, 3.05) is 6.54 Å². The van der Waals surface area contributed by atoms with Crippen LogP contribution in [0.15, 0.2) is 30.3 Å². The zero-order chi connectivity index (χ0) is 12.7. The predicted octanol–water partition coefficient (Wildman–Crippen LogP) is 2.07. The average Bonchev–Trinajstić information content (AvgIpc) is 2.31. The summed E-state index contributed by atoms with van der Waals surface area (Å²) >= 11 is 0. The molecule has 0 fully saturated rings. The predicted molar refractivity (Wildman–Crippen MR) is 68.8 cm³/mol. The van der Waals surface area contributed by atoms with Crippen LogP contribution in [0.3, 0.4) is 0 Å². The minimum Gasteiger partial charge on any atom is -0.393 e. The first-order valence-corrected chi connectivity index (χ1v) is 6.15. The SMILES string of the molecule is CCC(C(=O)NCCC(C)O)c1ccccc1. The maximum absolute atomic E-state index is 12.0. The lowest BCUT2D eigenvalue weighted by atomic mass is 9.95. The van der Waals surface area contributed by atoms with Crippen LogP contribution in [0.25, 0.3) is 0 Å². The quantitative estimate of drug-likeness (QED) is 0.793. The molecule has 2 unspecified atom stereocenters. The second-order valence-electron chi connectivity index (χ2n) is 4.30. The molecule has 1 aromatic rings. The van der Waals surface area contributed by atoms with E-state index in [0.29, 0.717) is 13.0 Å². The lowest BCUT2D eigenvalue weighted by molar-refractivity contribution is -0.122. The van der Waals surface area contributed by atoms with Gasteiger partial charge in [-0.3, -0.25) is 4.79 Å². The summed E-state index contributed by atoms with van der Waals surface area (Å²) in [5.41, 5.74) is 1.05. The summed E-state index contributed by atoms with van der Waals surface area (Å²) in [5.74, 6) is -0.0513. The smallest absolute Gasteiger partial charge is 0.227 e. The maximum atomic E-state index is 12.0. The Labute approximate surface area is 103 Å². The zero-order valence-electron chi connectivity index (χ0n) is 10.5. The molecule has 1 rings (SSSR count). The van der Waals surface area contributed by atoms with Gasteiger partial charge in [-0.05, 0) is 25.3 Å². The number of aliphatic hydroxyl groups is 1. The summed E-state index contributed by atoms with van der Waals surface area (Å²) in [7, 11) is 0. The van der Waals surface area contributed by atoms with E-state index in [1.54, 1.807) is 6.92 Å². The van der Waals surface area contributed by atoms with E-state index in [0.717, 1.165) is 12.0 Å². The van der Waals surface area contributed by atoms with Crippen LogP contribution in [-0.4, -0.2) is 23.7 Å². The molecule has 0 saturated carbocycles. The second-order valence-corrected chi connectivity index (χ2v) is 4.30. The van der Waals surface area contributed by atoms with Gasteiger partial charge >= 0.3 is 0 Å². The molecule has 0 heterocycles. The lowest BCUT2D eigenvalue weighted by Gasteiger charge is -2.15. The van der Waals surface area contributed by atoms with Crippen LogP contribution < -0.4 is 5.32 Å². The van der Waals surface area contributed by atoms with Gasteiger partial charge in [0.1, 0.15) is 0 Å². The van der Waals surface area contributed by atoms with Gasteiger partial charge in [0.25, 0.3) is 0 Å². The van der Waals surface area contributed by atoms with Crippen molar-refractivity contribution >= 4 is 5.91 Å². The van der Waals surface area contributed by atoms with Gasteiger partial charge in [-0.25, -0.2) is 0 Å². The van der Waals surface area contributed by atoms with E-state index in [2.05, 4.69) is 5.32 Å². The summed E-state index contributed by atoms with van der Waals surface area (Å²) in [5, 5.41) is 12.0.